The molecule has 0 spiro atoms. The maximum Gasteiger partial charge on any atom is 0.342 e. The number of fused-ring (bicyclic) bond motifs is 4. The highest BCUT2D eigenvalue weighted by atomic mass is 16.5. The molecule has 5 heteroatoms. The monoisotopic (exact) mass is 358 g/mol. The van der Waals surface area contributed by atoms with Gasteiger partial charge in [0.2, 0.25) is 0 Å². The van der Waals surface area contributed by atoms with Gasteiger partial charge >= 0.3 is 5.63 Å². The fraction of sp³-hybridized carbons (Fsp3) is 0.136. The van der Waals surface area contributed by atoms with E-state index in [2.05, 4.69) is 16.0 Å². The Balaban J connectivity index is 1.78. The van der Waals surface area contributed by atoms with Gasteiger partial charge in [0.1, 0.15) is 5.54 Å². The molecule has 2 aromatic heterocycles. The van der Waals surface area contributed by atoms with E-state index in [0.29, 0.717) is 16.9 Å². The molecule has 0 bridgehead atoms. The first kappa shape index (κ1) is 15.8. The second-order valence-corrected chi connectivity index (χ2v) is 6.86. The first-order valence-electron chi connectivity index (χ1n) is 8.78. The summed E-state index contributed by atoms with van der Waals surface area (Å²) in [7, 11) is 1.57. The van der Waals surface area contributed by atoms with Crippen LogP contribution in [0.3, 0.4) is 0 Å². The second kappa shape index (κ2) is 5.51. The zero-order valence-electron chi connectivity index (χ0n) is 15.0. The third kappa shape index (κ3) is 2.15. The summed E-state index contributed by atoms with van der Waals surface area (Å²) in [6.07, 6.45) is 2.01. The largest absolute Gasteiger partial charge is 0.493 e. The molecule has 0 saturated heterocycles. The number of nitrogens with zero attached hydrogens (tertiary/aromatic N) is 1. The molecule has 0 radical (unpaired) electrons. The molecule has 1 atom stereocenters. The first-order chi connectivity index (χ1) is 13.1. The predicted octanol–water partition coefficient (Wildman–Crippen LogP) is 4.28. The molecule has 3 heterocycles. The molecule has 1 N–H and O–H groups in total. The van der Waals surface area contributed by atoms with E-state index in [1.807, 2.05) is 61.7 Å². The van der Waals surface area contributed by atoms with Gasteiger partial charge in [0.05, 0.1) is 29.7 Å². The summed E-state index contributed by atoms with van der Waals surface area (Å²) in [6.45, 7) is 2.01. The Morgan fingerprint density at radius 2 is 1.93 bits per heavy atom. The van der Waals surface area contributed by atoms with Crippen LogP contribution in [0.1, 0.15) is 18.2 Å². The molecule has 0 aliphatic carbocycles. The molecular formula is C22H18N2O3. The Morgan fingerprint density at radius 1 is 1.07 bits per heavy atom. The normalized spacial score (nSPS) is 17.9. The number of methoxy groups -OCH3 is 1. The average Bonchev–Trinajstić information content (AvgIpc) is 3.18. The lowest BCUT2D eigenvalue weighted by Crippen LogP contribution is -2.42. The number of benzene rings is 2. The van der Waals surface area contributed by atoms with E-state index in [-0.39, 0.29) is 5.63 Å². The topological polar surface area (TPSA) is 56.4 Å². The highest BCUT2D eigenvalue weighted by molar-refractivity contribution is 5.83. The number of aromatic nitrogens is 1. The average molecular weight is 358 g/mol. The summed E-state index contributed by atoms with van der Waals surface area (Å²) in [6, 6.07) is 19.6. The smallest absolute Gasteiger partial charge is 0.342 e. The van der Waals surface area contributed by atoms with E-state index in [0.717, 1.165) is 22.5 Å². The van der Waals surface area contributed by atoms with Crippen LogP contribution >= 0.6 is 0 Å². The molecule has 1 aliphatic rings. The summed E-state index contributed by atoms with van der Waals surface area (Å²) in [5.74, 6) is 0.548. The summed E-state index contributed by atoms with van der Waals surface area (Å²) in [5, 5.41) is 4.38. The van der Waals surface area contributed by atoms with Gasteiger partial charge in [-0.3, -0.25) is 0 Å². The summed E-state index contributed by atoms with van der Waals surface area (Å²) in [4.78, 5) is 13.0. The quantitative estimate of drug-likeness (QED) is 0.544. The lowest BCUT2D eigenvalue weighted by molar-refractivity contribution is 0.405. The van der Waals surface area contributed by atoms with Gasteiger partial charge in [0.25, 0.3) is 0 Å². The number of nitrogens with one attached hydrogen (secondary N) is 1. The molecule has 2 aromatic carbocycles. The minimum absolute atomic E-state index is 0.380. The van der Waals surface area contributed by atoms with E-state index in [9.17, 15) is 4.79 Å². The molecule has 0 saturated carbocycles. The van der Waals surface area contributed by atoms with E-state index in [4.69, 9.17) is 9.15 Å². The molecule has 5 rings (SSSR count). The molecule has 0 fully saturated rings. The van der Waals surface area contributed by atoms with E-state index < -0.39 is 5.54 Å². The number of ether oxygens (including phenoxy) is 1. The van der Waals surface area contributed by atoms with Gasteiger partial charge in [0, 0.05) is 11.6 Å². The van der Waals surface area contributed by atoms with Gasteiger partial charge in [-0.2, -0.15) is 0 Å². The Morgan fingerprint density at radius 3 is 2.78 bits per heavy atom. The van der Waals surface area contributed by atoms with E-state index in [1.54, 1.807) is 13.2 Å². The number of rotatable bonds is 2. The van der Waals surface area contributed by atoms with Gasteiger partial charge in [-0.05, 0) is 43.3 Å². The number of hydrogen-bond acceptors (Lipinski definition) is 4. The van der Waals surface area contributed by atoms with Crippen molar-refractivity contribution in [1.82, 2.24) is 4.57 Å². The van der Waals surface area contributed by atoms with Crippen molar-refractivity contribution in [3.63, 3.8) is 0 Å². The van der Waals surface area contributed by atoms with Crippen LogP contribution in [-0.4, -0.2) is 11.7 Å². The highest BCUT2D eigenvalue weighted by Gasteiger charge is 2.39. The fourth-order valence-corrected chi connectivity index (χ4v) is 3.95. The summed E-state index contributed by atoms with van der Waals surface area (Å²) >= 11 is 0. The molecule has 1 aliphatic heterocycles. The van der Waals surface area contributed by atoms with Gasteiger partial charge in [-0.15, -0.1) is 0 Å². The van der Waals surface area contributed by atoms with Crippen molar-refractivity contribution in [3.05, 3.63) is 88.5 Å². The number of hydrogen-bond donors (Lipinski definition) is 1. The zero-order valence-corrected chi connectivity index (χ0v) is 15.0. The number of anilines is 1. The van der Waals surface area contributed by atoms with Crippen LogP contribution in [0.2, 0.25) is 0 Å². The molecule has 5 nitrogen and oxygen atoms in total. The summed E-state index contributed by atoms with van der Waals surface area (Å²) < 4.78 is 13.1. The van der Waals surface area contributed by atoms with Crippen LogP contribution in [0, 0.1) is 0 Å². The Kier molecular flexibility index (Phi) is 3.22. The van der Waals surface area contributed by atoms with Gasteiger partial charge in [-0.1, -0.05) is 24.3 Å². The van der Waals surface area contributed by atoms with E-state index >= 15 is 0 Å². The lowest BCUT2D eigenvalue weighted by atomic mass is 9.86. The minimum Gasteiger partial charge on any atom is -0.493 e. The molecule has 4 aromatic rings. The minimum atomic E-state index is -0.726. The van der Waals surface area contributed by atoms with Crippen molar-refractivity contribution in [2.24, 2.45) is 0 Å². The molecule has 0 amide bonds. The number of para-hydroxylation sites is 3. The fourth-order valence-electron chi connectivity index (χ4n) is 3.95. The van der Waals surface area contributed by atoms with Crippen molar-refractivity contribution < 1.29 is 9.15 Å². The highest BCUT2D eigenvalue weighted by Crippen LogP contribution is 2.41. The third-order valence-electron chi connectivity index (χ3n) is 5.29. The standard InChI is InChI=1S/C22H18N2O3/c1-22(15-13-14-7-5-10-18(26-2)20(14)27-21(15)25)19-11-6-12-24(19)17-9-4-3-8-16(17)23-22/h3-13,23H,1-2H3. The lowest BCUT2D eigenvalue weighted by Gasteiger charge is -2.38. The predicted molar refractivity (Wildman–Crippen MR) is 105 cm³/mol. The first-order valence-corrected chi connectivity index (χ1v) is 8.78. The van der Waals surface area contributed by atoms with Crippen LogP contribution in [0.4, 0.5) is 5.69 Å². The van der Waals surface area contributed by atoms with Crippen LogP contribution in [0.5, 0.6) is 5.75 Å². The summed E-state index contributed by atoms with van der Waals surface area (Å²) in [5.41, 5.74) is 2.91. The van der Waals surface area contributed by atoms with Crippen molar-refractivity contribution >= 4 is 16.7 Å². The van der Waals surface area contributed by atoms with Crippen LogP contribution < -0.4 is 15.7 Å². The van der Waals surface area contributed by atoms with Gasteiger partial charge in [-0.25, -0.2) is 4.79 Å². The van der Waals surface area contributed by atoms with E-state index in [1.165, 1.54) is 0 Å². The third-order valence-corrected chi connectivity index (χ3v) is 5.29. The van der Waals surface area contributed by atoms with Gasteiger partial charge < -0.3 is 19.0 Å². The Bertz CT molecular complexity index is 1240. The second-order valence-electron chi connectivity index (χ2n) is 6.86. The molecule has 1 unspecified atom stereocenters. The maximum absolute atomic E-state index is 13.0. The van der Waals surface area contributed by atoms with Crippen LogP contribution in [0.25, 0.3) is 16.7 Å². The van der Waals surface area contributed by atoms with Crippen molar-refractivity contribution in [1.29, 1.82) is 0 Å². The van der Waals surface area contributed by atoms with Crippen molar-refractivity contribution in [3.8, 4) is 11.4 Å². The van der Waals surface area contributed by atoms with Crippen molar-refractivity contribution in [2.45, 2.75) is 12.5 Å². The Hall–Kier alpha value is -3.47. The van der Waals surface area contributed by atoms with Crippen molar-refractivity contribution in [2.75, 3.05) is 12.4 Å². The SMILES string of the molecule is COc1cccc2cc(C3(C)Nc4ccccc4-n4cccc43)c(=O)oc12. The van der Waals surface area contributed by atoms with Crippen LogP contribution in [-0.2, 0) is 5.54 Å². The maximum atomic E-state index is 13.0. The molecule has 27 heavy (non-hydrogen) atoms. The van der Waals surface area contributed by atoms with Crippen LogP contribution in [0.15, 0.2) is 76.1 Å². The van der Waals surface area contributed by atoms with Gasteiger partial charge in [0.15, 0.2) is 11.3 Å². The Labute approximate surface area is 155 Å². The molecular weight excluding hydrogens is 340 g/mol. The molecule has 134 valence electrons. The zero-order chi connectivity index (χ0) is 18.6.